The summed E-state index contributed by atoms with van der Waals surface area (Å²) in [5.41, 5.74) is 5.67. The number of hydrogen-bond donors (Lipinski definition) is 1. The van der Waals surface area contributed by atoms with Crippen LogP contribution in [0.1, 0.15) is 38.6 Å². The molecule has 0 atom stereocenters. The van der Waals surface area contributed by atoms with Crippen molar-refractivity contribution in [2.45, 2.75) is 25.4 Å². The van der Waals surface area contributed by atoms with Gasteiger partial charge in [-0.05, 0) is 51.2 Å². The van der Waals surface area contributed by atoms with E-state index in [1.54, 1.807) is 17.7 Å². The first-order chi connectivity index (χ1) is 11.5. The number of piperidine rings is 1. The van der Waals surface area contributed by atoms with Gasteiger partial charge in [-0.15, -0.1) is 11.3 Å². The molecule has 6 nitrogen and oxygen atoms in total. The molecule has 1 fully saturated rings. The Hall–Kier alpha value is -2.12. The number of carbonyl (C=O) groups excluding carboxylic acids is 2. The van der Waals surface area contributed by atoms with Crippen LogP contribution >= 0.6 is 11.3 Å². The number of thiophene rings is 1. The Morgan fingerprint density at radius 1 is 1.42 bits per heavy atom. The van der Waals surface area contributed by atoms with E-state index in [2.05, 4.69) is 11.9 Å². The van der Waals surface area contributed by atoms with E-state index in [1.165, 1.54) is 11.3 Å². The maximum absolute atomic E-state index is 13.0. The number of hydrogen-bond acceptors (Lipinski definition) is 5. The van der Waals surface area contributed by atoms with Gasteiger partial charge in [-0.3, -0.25) is 9.59 Å². The van der Waals surface area contributed by atoms with Gasteiger partial charge in [0.25, 0.3) is 5.91 Å². The van der Waals surface area contributed by atoms with Crippen molar-refractivity contribution >= 4 is 23.2 Å². The third-order valence-corrected chi connectivity index (χ3v) is 5.31. The third kappa shape index (κ3) is 3.68. The molecule has 1 aliphatic heterocycles. The van der Waals surface area contributed by atoms with Crippen LogP contribution in [-0.2, 0) is 6.54 Å². The summed E-state index contributed by atoms with van der Waals surface area (Å²) in [7, 11) is 2.09. The highest BCUT2D eigenvalue weighted by Crippen LogP contribution is 2.24. The van der Waals surface area contributed by atoms with Gasteiger partial charge >= 0.3 is 0 Å². The van der Waals surface area contributed by atoms with E-state index in [0.29, 0.717) is 17.0 Å². The number of amides is 2. The molecule has 2 amide bonds. The molecule has 1 aliphatic rings. The lowest BCUT2D eigenvalue weighted by Gasteiger charge is -2.36. The molecule has 0 spiro atoms. The highest BCUT2D eigenvalue weighted by atomic mass is 32.1. The maximum Gasteiger partial charge on any atom is 0.264 e. The van der Waals surface area contributed by atoms with Gasteiger partial charge in [-0.25, -0.2) is 0 Å². The van der Waals surface area contributed by atoms with E-state index in [4.69, 9.17) is 10.2 Å². The molecule has 7 heteroatoms. The van der Waals surface area contributed by atoms with Crippen LogP contribution in [0.25, 0.3) is 0 Å². The Morgan fingerprint density at radius 2 is 2.17 bits per heavy atom. The Kier molecular flexibility index (Phi) is 5.01. The topological polar surface area (TPSA) is 79.8 Å². The quantitative estimate of drug-likeness (QED) is 0.899. The molecule has 0 aliphatic carbocycles. The molecule has 2 aromatic heterocycles. The van der Waals surface area contributed by atoms with Crippen LogP contribution in [0.15, 0.2) is 34.3 Å². The van der Waals surface area contributed by atoms with E-state index >= 15 is 0 Å². The molecule has 24 heavy (non-hydrogen) atoms. The number of nitrogens with two attached hydrogens (primary N) is 1. The van der Waals surface area contributed by atoms with Gasteiger partial charge in [0.1, 0.15) is 5.76 Å². The van der Waals surface area contributed by atoms with Gasteiger partial charge in [0.2, 0.25) is 5.91 Å². The van der Waals surface area contributed by atoms with Crippen molar-refractivity contribution in [1.29, 1.82) is 0 Å². The van der Waals surface area contributed by atoms with Gasteiger partial charge in [-0.2, -0.15) is 0 Å². The fraction of sp³-hybridized carbons (Fsp3) is 0.412. The first-order valence-electron chi connectivity index (χ1n) is 7.95. The van der Waals surface area contributed by atoms with Crippen molar-refractivity contribution in [3.8, 4) is 0 Å². The number of carbonyl (C=O) groups is 2. The fourth-order valence-electron chi connectivity index (χ4n) is 2.96. The van der Waals surface area contributed by atoms with E-state index in [1.807, 2.05) is 17.0 Å². The van der Waals surface area contributed by atoms with Crippen LogP contribution in [-0.4, -0.2) is 47.8 Å². The van der Waals surface area contributed by atoms with Gasteiger partial charge in [-0.1, -0.05) is 0 Å². The summed E-state index contributed by atoms with van der Waals surface area (Å²) in [6.07, 6.45) is 3.47. The fourth-order valence-corrected chi connectivity index (χ4v) is 3.81. The minimum absolute atomic E-state index is 0.0709. The average Bonchev–Trinajstić information content (AvgIpc) is 3.24. The highest BCUT2D eigenvalue weighted by molar-refractivity contribution is 7.12. The zero-order chi connectivity index (χ0) is 17.1. The predicted molar refractivity (Wildman–Crippen MR) is 91.9 cm³/mol. The molecule has 0 aromatic carbocycles. The van der Waals surface area contributed by atoms with Crippen molar-refractivity contribution in [2.24, 2.45) is 5.73 Å². The summed E-state index contributed by atoms with van der Waals surface area (Å²) in [4.78, 5) is 29.0. The van der Waals surface area contributed by atoms with Crippen LogP contribution in [0, 0.1) is 0 Å². The van der Waals surface area contributed by atoms with Gasteiger partial charge in [0, 0.05) is 11.4 Å². The smallest absolute Gasteiger partial charge is 0.264 e. The van der Waals surface area contributed by atoms with Crippen LogP contribution in [0.2, 0.25) is 0 Å². The summed E-state index contributed by atoms with van der Waals surface area (Å²) in [5.74, 6) is 0.176. The lowest BCUT2D eigenvalue weighted by atomic mass is 10.0. The molecule has 0 saturated carbocycles. The molecule has 3 rings (SSSR count). The molecule has 0 bridgehead atoms. The zero-order valence-electron chi connectivity index (χ0n) is 13.6. The number of primary amides is 1. The third-order valence-electron chi connectivity index (χ3n) is 4.39. The van der Waals surface area contributed by atoms with E-state index in [0.717, 1.165) is 31.7 Å². The molecule has 2 aromatic rings. The lowest BCUT2D eigenvalue weighted by Crippen LogP contribution is -2.46. The van der Waals surface area contributed by atoms with E-state index in [9.17, 15) is 9.59 Å². The number of furan rings is 1. The highest BCUT2D eigenvalue weighted by Gasteiger charge is 2.29. The van der Waals surface area contributed by atoms with Gasteiger partial charge in [0.15, 0.2) is 0 Å². The van der Waals surface area contributed by atoms with Crippen LogP contribution in [0.5, 0.6) is 0 Å². The maximum atomic E-state index is 13.0. The Labute approximate surface area is 144 Å². The van der Waals surface area contributed by atoms with Crippen molar-refractivity contribution in [3.05, 3.63) is 46.0 Å². The summed E-state index contributed by atoms with van der Waals surface area (Å²) in [6, 6.07) is 5.44. The second-order valence-electron chi connectivity index (χ2n) is 6.11. The van der Waals surface area contributed by atoms with Gasteiger partial charge < -0.3 is 20.0 Å². The van der Waals surface area contributed by atoms with Crippen LogP contribution < -0.4 is 5.73 Å². The summed E-state index contributed by atoms with van der Waals surface area (Å²) in [5, 5.41) is 1.63. The molecular formula is C17H21N3O3S. The second kappa shape index (κ2) is 7.19. The lowest BCUT2D eigenvalue weighted by molar-refractivity contribution is 0.0555. The van der Waals surface area contributed by atoms with E-state index in [-0.39, 0.29) is 11.9 Å². The SMILES string of the molecule is CN1CCC(N(Cc2ccco2)C(=O)c2cc(C(N)=O)cs2)CC1. The minimum atomic E-state index is -0.512. The standard InChI is InChI=1S/C17H21N3O3S/c1-19-6-4-13(5-7-19)20(10-14-3-2-8-23-14)17(22)15-9-12(11-24-15)16(18)21/h2-3,8-9,11,13H,4-7,10H2,1H3,(H2,18,21). The normalized spacial score (nSPS) is 16.2. The van der Waals surface area contributed by atoms with E-state index < -0.39 is 5.91 Å². The Balaban J connectivity index is 1.82. The first kappa shape index (κ1) is 16.7. The molecule has 0 unspecified atom stereocenters. The van der Waals surface area contributed by atoms with Crippen molar-refractivity contribution in [3.63, 3.8) is 0 Å². The van der Waals surface area contributed by atoms with Crippen LogP contribution in [0.4, 0.5) is 0 Å². The molecule has 2 N–H and O–H groups in total. The summed E-state index contributed by atoms with van der Waals surface area (Å²) in [6.45, 7) is 2.36. The van der Waals surface area contributed by atoms with Crippen molar-refractivity contribution < 1.29 is 14.0 Å². The molecule has 0 radical (unpaired) electrons. The largest absolute Gasteiger partial charge is 0.467 e. The molecule has 1 saturated heterocycles. The average molecular weight is 347 g/mol. The summed E-state index contributed by atoms with van der Waals surface area (Å²) >= 11 is 1.26. The zero-order valence-corrected chi connectivity index (χ0v) is 14.4. The second-order valence-corrected chi connectivity index (χ2v) is 7.02. The number of likely N-dealkylation sites (tertiary alicyclic amines) is 1. The van der Waals surface area contributed by atoms with Crippen molar-refractivity contribution in [2.75, 3.05) is 20.1 Å². The molecular weight excluding hydrogens is 326 g/mol. The molecule has 128 valence electrons. The predicted octanol–water partition coefficient (Wildman–Crippen LogP) is 2.18. The molecule has 3 heterocycles. The van der Waals surface area contributed by atoms with Crippen molar-refractivity contribution in [1.82, 2.24) is 9.80 Å². The van der Waals surface area contributed by atoms with Crippen LogP contribution in [0.3, 0.4) is 0 Å². The summed E-state index contributed by atoms with van der Waals surface area (Å²) < 4.78 is 5.43. The van der Waals surface area contributed by atoms with Gasteiger partial charge in [0.05, 0.1) is 23.2 Å². The number of nitrogens with zero attached hydrogens (tertiary/aromatic N) is 2. The Bertz CT molecular complexity index is 702. The minimum Gasteiger partial charge on any atom is -0.467 e. The number of rotatable bonds is 5. The first-order valence-corrected chi connectivity index (χ1v) is 8.83. The monoisotopic (exact) mass is 347 g/mol. The Morgan fingerprint density at radius 3 is 2.75 bits per heavy atom.